The van der Waals surface area contributed by atoms with Crippen LogP contribution in [0.3, 0.4) is 0 Å². The predicted octanol–water partition coefficient (Wildman–Crippen LogP) is 1.17. The van der Waals surface area contributed by atoms with E-state index in [9.17, 15) is 18.0 Å². The third-order valence-corrected chi connectivity index (χ3v) is 2.74. The number of hydrogen-bond acceptors (Lipinski definition) is 3. The second kappa shape index (κ2) is 5.49. The molecule has 0 aliphatic carbocycles. The normalized spacial score (nSPS) is 11.8. The lowest BCUT2D eigenvalue weighted by Crippen LogP contribution is -2.35. The van der Waals surface area contributed by atoms with Crippen LogP contribution in [0.1, 0.15) is 5.56 Å². The molecule has 1 amide bonds. The van der Waals surface area contributed by atoms with Gasteiger partial charge in [0.15, 0.2) is 0 Å². The van der Waals surface area contributed by atoms with Gasteiger partial charge in [-0.15, -0.1) is 0 Å². The molecule has 0 bridgehead atoms. The lowest BCUT2D eigenvalue weighted by Gasteiger charge is -2.09. The van der Waals surface area contributed by atoms with Crippen LogP contribution in [-0.4, -0.2) is 28.2 Å². The minimum atomic E-state index is -4.42. The summed E-state index contributed by atoms with van der Waals surface area (Å²) in [4.78, 5) is 15.6. The summed E-state index contributed by atoms with van der Waals surface area (Å²) in [6, 6.07) is 3.53. The molecule has 5 nitrogen and oxygen atoms in total. The monoisotopic (exact) mass is 286 g/mol. The Morgan fingerprint density at radius 3 is 2.85 bits per heavy atom. The predicted molar refractivity (Wildman–Crippen MR) is 66.7 cm³/mol. The molecular formula is C12H13F3N4O. The van der Waals surface area contributed by atoms with E-state index in [1.54, 1.807) is 24.5 Å². The third-order valence-electron chi connectivity index (χ3n) is 2.74. The maximum absolute atomic E-state index is 12.0. The lowest BCUT2D eigenvalue weighted by atomic mass is 10.2. The van der Waals surface area contributed by atoms with E-state index in [4.69, 9.17) is 5.73 Å². The van der Waals surface area contributed by atoms with Gasteiger partial charge in [-0.3, -0.25) is 4.79 Å². The number of fused-ring (bicyclic) bond motifs is 1. The van der Waals surface area contributed by atoms with E-state index < -0.39 is 18.6 Å². The number of hydrogen-bond donors (Lipinski definition) is 2. The quantitative estimate of drug-likeness (QED) is 0.886. The zero-order valence-corrected chi connectivity index (χ0v) is 10.4. The highest BCUT2D eigenvalue weighted by molar-refractivity contribution is 5.83. The average Bonchev–Trinajstić information content (AvgIpc) is 2.74. The molecule has 0 unspecified atom stereocenters. The highest BCUT2D eigenvalue weighted by Crippen LogP contribution is 2.18. The maximum atomic E-state index is 12.0. The SMILES string of the molecule is NCc1cn(CC(=O)NCC(F)(F)F)c2ncccc12. The zero-order chi connectivity index (χ0) is 14.8. The summed E-state index contributed by atoms with van der Waals surface area (Å²) >= 11 is 0. The van der Waals surface area contributed by atoms with Crippen molar-refractivity contribution in [3.05, 3.63) is 30.1 Å². The minimum Gasteiger partial charge on any atom is -0.345 e. The van der Waals surface area contributed by atoms with Crippen molar-refractivity contribution < 1.29 is 18.0 Å². The number of rotatable bonds is 4. The molecule has 0 radical (unpaired) electrons. The molecule has 0 aliphatic heterocycles. The van der Waals surface area contributed by atoms with E-state index in [-0.39, 0.29) is 13.1 Å². The van der Waals surface area contributed by atoms with Crippen LogP contribution in [0.4, 0.5) is 13.2 Å². The van der Waals surface area contributed by atoms with Crippen LogP contribution in [0.2, 0.25) is 0 Å². The standard InChI is InChI=1S/C12H13F3N4O/c13-12(14,15)7-18-10(20)6-19-5-8(4-16)9-2-1-3-17-11(9)19/h1-3,5H,4,6-7,16H2,(H,18,20). The summed E-state index contributed by atoms with van der Waals surface area (Å²) in [5.74, 6) is -0.728. The van der Waals surface area contributed by atoms with Gasteiger partial charge in [-0.1, -0.05) is 0 Å². The van der Waals surface area contributed by atoms with Gasteiger partial charge in [0.1, 0.15) is 18.7 Å². The number of carbonyl (C=O) groups is 1. The number of nitrogens with zero attached hydrogens (tertiary/aromatic N) is 2. The fourth-order valence-corrected chi connectivity index (χ4v) is 1.89. The van der Waals surface area contributed by atoms with Crippen LogP contribution in [0.15, 0.2) is 24.5 Å². The van der Waals surface area contributed by atoms with Crippen LogP contribution < -0.4 is 11.1 Å². The largest absolute Gasteiger partial charge is 0.405 e. The van der Waals surface area contributed by atoms with Gasteiger partial charge in [-0.05, 0) is 17.7 Å². The van der Waals surface area contributed by atoms with Crippen LogP contribution in [0, 0.1) is 0 Å². The molecule has 2 aromatic heterocycles. The van der Waals surface area contributed by atoms with Crippen molar-refractivity contribution in [1.29, 1.82) is 0 Å². The summed E-state index contributed by atoms with van der Waals surface area (Å²) in [5, 5.41) is 2.61. The van der Waals surface area contributed by atoms with Crippen molar-refractivity contribution in [3.63, 3.8) is 0 Å². The maximum Gasteiger partial charge on any atom is 0.405 e. The van der Waals surface area contributed by atoms with Crippen LogP contribution in [-0.2, 0) is 17.9 Å². The minimum absolute atomic E-state index is 0.233. The smallest absolute Gasteiger partial charge is 0.345 e. The molecular weight excluding hydrogens is 273 g/mol. The first-order valence-electron chi connectivity index (χ1n) is 5.87. The number of halogens is 3. The second-order valence-electron chi connectivity index (χ2n) is 4.25. The number of aromatic nitrogens is 2. The Kier molecular flexibility index (Phi) is 3.93. The van der Waals surface area contributed by atoms with Gasteiger partial charge in [0.2, 0.25) is 5.91 Å². The van der Waals surface area contributed by atoms with Gasteiger partial charge < -0.3 is 15.6 Å². The highest BCUT2D eigenvalue weighted by atomic mass is 19.4. The van der Waals surface area contributed by atoms with Crippen molar-refractivity contribution in [3.8, 4) is 0 Å². The number of amides is 1. The fraction of sp³-hybridized carbons (Fsp3) is 0.333. The molecule has 0 saturated carbocycles. The van der Waals surface area contributed by atoms with Crippen LogP contribution >= 0.6 is 0 Å². The molecule has 0 aromatic carbocycles. The van der Waals surface area contributed by atoms with E-state index in [1.807, 2.05) is 5.32 Å². The molecule has 3 N–H and O–H groups in total. The van der Waals surface area contributed by atoms with Crippen molar-refractivity contribution >= 4 is 16.9 Å². The molecule has 108 valence electrons. The van der Waals surface area contributed by atoms with Gasteiger partial charge in [-0.2, -0.15) is 13.2 Å². The molecule has 0 aliphatic rings. The van der Waals surface area contributed by atoms with Gasteiger partial charge in [-0.25, -0.2) is 4.98 Å². The van der Waals surface area contributed by atoms with Gasteiger partial charge >= 0.3 is 6.18 Å². The second-order valence-corrected chi connectivity index (χ2v) is 4.25. The summed E-state index contributed by atoms with van der Waals surface area (Å²) < 4.78 is 37.5. The Hall–Kier alpha value is -2.09. The molecule has 20 heavy (non-hydrogen) atoms. The third kappa shape index (κ3) is 3.27. The Bertz CT molecular complexity index is 621. The first-order chi connectivity index (χ1) is 9.40. The van der Waals surface area contributed by atoms with Gasteiger partial charge in [0.25, 0.3) is 0 Å². The zero-order valence-electron chi connectivity index (χ0n) is 10.4. The number of carbonyl (C=O) groups excluding carboxylic acids is 1. The summed E-state index contributed by atoms with van der Waals surface area (Å²) in [5.41, 5.74) is 6.90. The Morgan fingerprint density at radius 1 is 1.45 bits per heavy atom. The van der Waals surface area contributed by atoms with Gasteiger partial charge in [0, 0.05) is 24.3 Å². The molecule has 0 saturated heterocycles. The molecule has 8 heteroatoms. The number of nitrogens with one attached hydrogen (secondary N) is 1. The van der Waals surface area contributed by atoms with Crippen molar-refractivity contribution in [1.82, 2.24) is 14.9 Å². The van der Waals surface area contributed by atoms with Crippen LogP contribution in [0.25, 0.3) is 11.0 Å². The Balaban J connectivity index is 2.15. The van der Waals surface area contributed by atoms with Gasteiger partial charge in [0.05, 0.1) is 0 Å². The van der Waals surface area contributed by atoms with E-state index >= 15 is 0 Å². The average molecular weight is 286 g/mol. The van der Waals surface area contributed by atoms with E-state index in [1.165, 1.54) is 4.57 Å². The van der Waals surface area contributed by atoms with Crippen molar-refractivity contribution in [2.45, 2.75) is 19.3 Å². The summed E-state index contributed by atoms with van der Waals surface area (Å²) in [7, 11) is 0. The Morgan fingerprint density at radius 2 is 2.20 bits per heavy atom. The van der Waals surface area contributed by atoms with E-state index in [2.05, 4.69) is 4.98 Å². The lowest BCUT2D eigenvalue weighted by molar-refractivity contribution is -0.138. The molecule has 2 aromatic rings. The number of pyridine rings is 1. The summed E-state index contributed by atoms with van der Waals surface area (Å²) in [6.07, 6.45) is -1.24. The van der Waals surface area contributed by atoms with Crippen LogP contribution in [0.5, 0.6) is 0 Å². The first kappa shape index (κ1) is 14.3. The molecule has 0 fully saturated rings. The fourth-order valence-electron chi connectivity index (χ4n) is 1.89. The van der Waals surface area contributed by atoms with Crippen molar-refractivity contribution in [2.75, 3.05) is 6.54 Å². The van der Waals surface area contributed by atoms with Crippen molar-refractivity contribution in [2.24, 2.45) is 5.73 Å². The topological polar surface area (TPSA) is 72.9 Å². The van der Waals surface area contributed by atoms with E-state index in [0.29, 0.717) is 5.65 Å². The molecule has 2 heterocycles. The molecule has 0 atom stereocenters. The van der Waals surface area contributed by atoms with E-state index in [0.717, 1.165) is 10.9 Å². The summed E-state index contributed by atoms with van der Waals surface area (Å²) in [6.45, 7) is -1.31. The number of nitrogens with two attached hydrogens (primary N) is 1. The molecule has 0 spiro atoms. The number of alkyl halides is 3. The highest BCUT2D eigenvalue weighted by Gasteiger charge is 2.27. The Labute approximate surface area is 112 Å². The molecule has 2 rings (SSSR count). The first-order valence-corrected chi connectivity index (χ1v) is 5.87.